The zero-order valence-electron chi connectivity index (χ0n) is 28.4. The first-order valence-corrected chi connectivity index (χ1v) is 14.1. The quantitative estimate of drug-likeness (QED) is 0.212. The number of ether oxygens (including phenoxy) is 6. The second-order valence-electron chi connectivity index (χ2n) is 10.8. The number of nitrogens with one attached hydrogen (secondary N) is 1. The Labute approximate surface area is 261 Å². The topological polar surface area (TPSA) is 149 Å². The number of cyclic esters (lactones) is 2. The van der Waals surface area contributed by atoms with Crippen molar-refractivity contribution >= 4 is 29.6 Å². The van der Waals surface area contributed by atoms with Gasteiger partial charge in [0.2, 0.25) is 6.79 Å². The van der Waals surface area contributed by atoms with Crippen LogP contribution in [-0.4, -0.2) is 67.5 Å². The van der Waals surface area contributed by atoms with Crippen molar-refractivity contribution in [1.82, 2.24) is 10.3 Å². The molecule has 12 nitrogen and oxygen atoms in total. The Morgan fingerprint density at radius 2 is 1.80 bits per heavy atom. The van der Waals surface area contributed by atoms with Crippen molar-refractivity contribution in [2.75, 3.05) is 20.4 Å². The molecule has 238 valence electrons. The van der Waals surface area contributed by atoms with E-state index in [2.05, 4.69) is 16.9 Å². The number of methoxy groups -OCH3 is 1. The normalized spacial score (nSPS) is 21.7. The van der Waals surface area contributed by atoms with E-state index in [1.807, 2.05) is 18.2 Å². The molecule has 12 heteroatoms. The molecule has 1 aliphatic heterocycles. The first-order valence-electron chi connectivity index (χ1n) is 15.6. The Hall–Kier alpha value is -4.61. The number of aromatic nitrogens is 1. The average molecular weight is 616 g/mol. The van der Waals surface area contributed by atoms with Crippen molar-refractivity contribution in [3.8, 4) is 11.5 Å². The molecule has 1 fully saturated rings. The summed E-state index contributed by atoms with van der Waals surface area (Å²) in [4.78, 5) is 55.7. The van der Waals surface area contributed by atoms with Crippen LogP contribution in [0.25, 0.3) is 5.70 Å². The second kappa shape index (κ2) is 15.7. The van der Waals surface area contributed by atoms with Crippen LogP contribution in [0.2, 0.25) is 0 Å². The number of carbonyl (C=O) groups is 4. The van der Waals surface area contributed by atoms with E-state index in [1.165, 1.54) is 19.2 Å². The van der Waals surface area contributed by atoms with E-state index < -0.39 is 80.3 Å². The summed E-state index contributed by atoms with van der Waals surface area (Å²) in [6.45, 7) is 10.8. The van der Waals surface area contributed by atoms with Gasteiger partial charge in [0.15, 0.2) is 23.6 Å². The molecule has 0 bridgehead atoms. The van der Waals surface area contributed by atoms with Crippen molar-refractivity contribution in [1.29, 1.82) is 0 Å². The molecule has 0 saturated carbocycles. The van der Waals surface area contributed by atoms with Gasteiger partial charge in [-0.3, -0.25) is 19.4 Å². The van der Waals surface area contributed by atoms with Crippen LogP contribution in [0.1, 0.15) is 50.0 Å². The van der Waals surface area contributed by atoms with Crippen LogP contribution < -0.4 is 14.8 Å². The maximum Gasteiger partial charge on any atom is 0.332 e. The Kier molecular flexibility index (Phi) is 10.5. The second-order valence-corrected chi connectivity index (χ2v) is 10.8. The van der Waals surface area contributed by atoms with Crippen LogP contribution in [0.5, 0.6) is 11.5 Å². The monoisotopic (exact) mass is 615 g/mol. The third-order valence-electron chi connectivity index (χ3n) is 6.65. The van der Waals surface area contributed by atoms with E-state index in [0.717, 1.165) is 5.56 Å². The SMILES string of the molecule is [2H]C([2H])([2H])Oc1ccnc(C(=C)N[C@H]2COC(=O)[C@H](Cc3ccccc3)[C@@H](OC(=O)C(C)C)[C@H](C)OC2=O)c1OCOC(=O)C(C)C. The lowest BCUT2D eigenvalue weighted by Gasteiger charge is -2.29. The Morgan fingerprint density at radius 3 is 2.45 bits per heavy atom. The van der Waals surface area contributed by atoms with Gasteiger partial charge in [-0.05, 0) is 18.9 Å². The van der Waals surface area contributed by atoms with Crippen LogP contribution in [0.4, 0.5) is 0 Å². The number of pyridine rings is 1. The highest BCUT2D eigenvalue weighted by molar-refractivity contribution is 5.82. The van der Waals surface area contributed by atoms with Crippen LogP contribution in [0, 0.1) is 17.8 Å². The van der Waals surface area contributed by atoms with E-state index in [1.54, 1.807) is 39.8 Å². The minimum atomic E-state index is -2.88. The highest BCUT2D eigenvalue weighted by Gasteiger charge is 2.42. The Balaban J connectivity index is 1.90. The summed E-state index contributed by atoms with van der Waals surface area (Å²) in [5, 5.41) is 2.81. The minimum absolute atomic E-state index is 0.0697. The number of hydrogen-bond acceptors (Lipinski definition) is 12. The average Bonchev–Trinajstić information content (AvgIpc) is 3.03. The molecule has 0 unspecified atom stereocenters. The smallest absolute Gasteiger partial charge is 0.332 e. The fourth-order valence-corrected chi connectivity index (χ4v) is 4.21. The lowest BCUT2D eigenvalue weighted by molar-refractivity contribution is -0.176. The summed E-state index contributed by atoms with van der Waals surface area (Å²) in [5.74, 6) is -5.23. The maximum absolute atomic E-state index is 13.5. The fraction of sp³-hybridized carbons (Fsp3) is 0.469. The van der Waals surface area contributed by atoms with Crippen LogP contribution in [-0.2, 0) is 44.5 Å². The Bertz CT molecular complexity index is 1430. The van der Waals surface area contributed by atoms with Gasteiger partial charge in [0.25, 0.3) is 0 Å². The number of esters is 4. The molecule has 0 amide bonds. The van der Waals surface area contributed by atoms with Gasteiger partial charge in [0, 0.05) is 12.3 Å². The summed E-state index contributed by atoms with van der Waals surface area (Å²) in [6, 6.07) is 8.96. The summed E-state index contributed by atoms with van der Waals surface area (Å²) < 4.78 is 55.3. The van der Waals surface area contributed by atoms with Crippen molar-refractivity contribution in [2.45, 2.75) is 59.3 Å². The number of benzene rings is 1. The van der Waals surface area contributed by atoms with Gasteiger partial charge < -0.3 is 33.7 Å². The number of carbonyl (C=O) groups excluding carboxylic acids is 4. The van der Waals surface area contributed by atoms with Crippen LogP contribution >= 0.6 is 0 Å². The van der Waals surface area contributed by atoms with Gasteiger partial charge >= 0.3 is 23.9 Å². The molecular formula is C32H40N2O10. The molecule has 1 N–H and O–H groups in total. The highest BCUT2D eigenvalue weighted by Crippen LogP contribution is 2.33. The maximum atomic E-state index is 13.5. The summed E-state index contributed by atoms with van der Waals surface area (Å²) in [7, 11) is -2.88. The zero-order chi connectivity index (χ0) is 34.9. The molecule has 2 heterocycles. The standard InChI is InChI=1S/C32H40N2O10/c1-18(2)29(35)42-17-41-28-25(39-7)13-14-33-26(28)20(5)34-24-16-40-31(37)23(15-22-11-9-8-10-12-22)27(21(6)43-32(24)38)44-30(36)19(3)4/h8-14,18-19,21,23-24,27,34H,5,15-17H2,1-4,6-7H3/t21-,23+,24-,27-/m0/s1/i7D3. The molecule has 3 rings (SSSR count). The van der Waals surface area contributed by atoms with Crippen LogP contribution in [0.3, 0.4) is 0 Å². The van der Waals surface area contributed by atoms with Crippen molar-refractivity contribution < 1.29 is 51.7 Å². The molecule has 0 aliphatic carbocycles. The van der Waals surface area contributed by atoms with E-state index in [9.17, 15) is 19.2 Å². The lowest BCUT2D eigenvalue weighted by atomic mass is 9.91. The first kappa shape index (κ1) is 29.5. The summed E-state index contributed by atoms with van der Waals surface area (Å²) in [5.41, 5.74) is 0.613. The molecule has 0 spiro atoms. The molecule has 4 atom stereocenters. The predicted molar refractivity (Wildman–Crippen MR) is 158 cm³/mol. The molecule has 1 saturated heterocycles. The molecule has 2 aromatic rings. The van der Waals surface area contributed by atoms with E-state index in [-0.39, 0.29) is 29.3 Å². The van der Waals surface area contributed by atoms with E-state index >= 15 is 0 Å². The van der Waals surface area contributed by atoms with Gasteiger partial charge in [0.1, 0.15) is 24.3 Å². The zero-order valence-corrected chi connectivity index (χ0v) is 25.4. The number of nitrogens with zero attached hydrogens (tertiary/aromatic N) is 1. The number of rotatable bonds is 12. The molecule has 44 heavy (non-hydrogen) atoms. The Morgan fingerprint density at radius 1 is 1.09 bits per heavy atom. The molecule has 1 aromatic carbocycles. The largest absolute Gasteiger partial charge is 0.493 e. The lowest BCUT2D eigenvalue weighted by Crippen LogP contribution is -2.44. The van der Waals surface area contributed by atoms with Gasteiger partial charge in [-0.1, -0.05) is 64.6 Å². The predicted octanol–water partition coefficient (Wildman–Crippen LogP) is 3.47. The molecule has 0 radical (unpaired) electrons. The third kappa shape index (κ3) is 8.95. The third-order valence-corrected chi connectivity index (χ3v) is 6.65. The summed E-state index contributed by atoms with van der Waals surface area (Å²) in [6.07, 6.45) is -0.856. The minimum Gasteiger partial charge on any atom is -0.493 e. The summed E-state index contributed by atoms with van der Waals surface area (Å²) >= 11 is 0. The van der Waals surface area contributed by atoms with Gasteiger partial charge in [-0.25, -0.2) is 4.79 Å². The van der Waals surface area contributed by atoms with Gasteiger partial charge in [-0.15, -0.1) is 0 Å². The molecule has 1 aromatic heterocycles. The van der Waals surface area contributed by atoms with Crippen LogP contribution in [0.15, 0.2) is 49.2 Å². The van der Waals surface area contributed by atoms with Crippen molar-refractivity contribution in [3.05, 3.63) is 60.4 Å². The molecule has 1 aliphatic rings. The first-order chi connectivity index (χ1) is 22.1. The molecular weight excluding hydrogens is 572 g/mol. The fourth-order valence-electron chi connectivity index (χ4n) is 4.21. The van der Waals surface area contributed by atoms with E-state index in [4.69, 9.17) is 32.5 Å². The van der Waals surface area contributed by atoms with Gasteiger partial charge in [-0.2, -0.15) is 0 Å². The van der Waals surface area contributed by atoms with Gasteiger partial charge in [0.05, 0.1) is 28.7 Å². The number of hydrogen-bond donors (Lipinski definition) is 1. The van der Waals surface area contributed by atoms with E-state index in [0.29, 0.717) is 0 Å². The van der Waals surface area contributed by atoms with Crippen molar-refractivity contribution in [3.63, 3.8) is 0 Å². The van der Waals surface area contributed by atoms with Crippen molar-refractivity contribution in [2.24, 2.45) is 17.8 Å². The highest BCUT2D eigenvalue weighted by atomic mass is 16.7.